The number of aryl methyl sites for hydroxylation is 1. The second-order valence-electron chi connectivity index (χ2n) is 4.55. The summed E-state index contributed by atoms with van der Waals surface area (Å²) in [7, 11) is 1.62. The average molecular weight is 302 g/mol. The summed E-state index contributed by atoms with van der Waals surface area (Å²) in [6.45, 7) is 1.92. The third-order valence-corrected chi connectivity index (χ3v) is 3.24. The lowest BCUT2D eigenvalue weighted by molar-refractivity contribution is -0.111. The van der Waals surface area contributed by atoms with E-state index in [0.29, 0.717) is 10.7 Å². The fourth-order valence-electron chi connectivity index (χ4n) is 1.79. The van der Waals surface area contributed by atoms with Crippen LogP contribution < -0.4 is 10.1 Å². The molecule has 2 aromatic rings. The van der Waals surface area contributed by atoms with Crippen LogP contribution in [0.4, 0.5) is 5.69 Å². The van der Waals surface area contributed by atoms with Gasteiger partial charge in [0.25, 0.3) is 0 Å². The van der Waals surface area contributed by atoms with Crippen LogP contribution in [0.2, 0.25) is 5.02 Å². The van der Waals surface area contributed by atoms with Gasteiger partial charge < -0.3 is 10.1 Å². The maximum atomic E-state index is 11.9. The van der Waals surface area contributed by atoms with Gasteiger partial charge in [0.15, 0.2) is 0 Å². The van der Waals surface area contributed by atoms with Crippen molar-refractivity contribution in [1.29, 1.82) is 0 Å². The van der Waals surface area contributed by atoms with Crippen molar-refractivity contribution in [3.05, 3.63) is 64.7 Å². The van der Waals surface area contributed by atoms with E-state index in [9.17, 15) is 4.79 Å². The molecule has 0 aliphatic rings. The van der Waals surface area contributed by atoms with E-state index in [1.165, 1.54) is 6.08 Å². The standard InChI is InChI=1S/C17H16ClNO2/c1-12-3-7-14(18)11-16(12)19-17(20)10-6-13-4-8-15(21-2)9-5-13/h3-11H,1-2H3,(H,19,20). The van der Waals surface area contributed by atoms with Crippen molar-refractivity contribution in [1.82, 2.24) is 0 Å². The Hall–Kier alpha value is -2.26. The molecule has 0 saturated heterocycles. The van der Waals surface area contributed by atoms with Gasteiger partial charge in [-0.2, -0.15) is 0 Å². The van der Waals surface area contributed by atoms with Crippen LogP contribution in [0.1, 0.15) is 11.1 Å². The average Bonchev–Trinajstić information content (AvgIpc) is 2.49. The predicted octanol–water partition coefficient (Wildman–Crippen LogP) is 4.31. The number of rotatable bonds is 4. The quantitative estimate of drug-likeness (QED) is 0.855. The monoisotopic (exact) mass is 301 g/mol. The molecule has 0 spiro atoms. The van der Waals surface area contributed by atoms with E-state index in [-0.39, 0.29) is 5.91 Å². The Kier molecular flexibility index (Phi) is 5.01. The SMILES string of the molecule is COc1ccc(C=CC(=O)Nc2cc(Cl)ccc2C)cc1. The summed E-state index contributed by atoms with van der Waals surface area (Å²) >= 11 is 5.92. The van der Waals surface area contributed by atoms with Crippen LogP contribution in [0.5, 0.6) is 5.75 Å². The van der Waals surface area contributed by atoms with E-state index in [1.807, 2.05) is 37.3 Å². The molecule has 0 bridgehead atoms. The highest BCUT2D eigenvalue weighted by molar-refractivity contribution is 6.31. The number of carbonyl (C=O) groups is 1. The lowest BCUT2D eigenvalue weighted by atomic mass is 10.2. The molecule has 0 unspecified atom stereocenters. The summed E-state index contributed by atoms with van der Waals surface area (Å²) in [4.78, 5) is 11.9. The second kappa shape index (κ2) is 6.95. The minimum absolute atomic E-state index is 0.198. The lowest BCUT2D eigenvalue weighted by Crippen LogP contribution is -2.08. The molecule has 2 aromatic carbocycles. The molecule has 1 N–H and O–H groups in total. The summed E-state index contributed by atoms with van der Waals surface area (Å²) in [5, 5.41) is 3.40. The van der Waals surface area contributed by atoms with Crippen LogP contribution in [-0.2, 0) is 4.79 Å². The molecular formula is C17H16ClNO2. The number of ether oxygens (including phenoxy) is 1. The van der Waals surface area contributed by atoms with Gasteiger partial charge in [0, 0.05) is 16.8 Å². The minimum atomic E-state index is -0.198. The van der Waals surface area contributed by atoms with Crippen LogP contribution in [0, 0.1) is 6.92 Å². The van der Waals surface area contributed by atoms with E-state index in [4.69, 9.17) is 16.3 Å². The first-order valence-electron chi connectivity index (χ1n) is 6.48. The van der Waals surface area contributed by atoms with Gasteiger partial charge in [-0.05, 0) is 48.4 Å². The Labute approximate surface area is 129 Å². The number of halogens is 1. The van der Waals surface area contributed by atoms with Gasteiger partial charge in [-0.3, -0.25) is 4.79 Å². The third-order valence-electron chi connectivity index (χ3n) is 3.00. The molecule has 0 fully saturated rings. The number of hydrogen-bond acceptors (Lipinski definition) is 2. The van der Waals surface area contributed by atoms with Crippen molar-refractivity contribution in [2.24, 2.45) is 0 Å². The molecule has 3 nitrogen and oxygen atoms in total. The van der Waals surface area contributed by atoms with Crippen molar-refractivity contribution in [3.63, 3.8) is 0 Å². The Bertz CT molecular complexity index is 663. The zero-order valence-corrected chi connectivity index (χ0v) is 12.6. The largest absolute Gasteiger partial charge is 0.497 e. The molecule has 0 aromatic heterocycles. The fraction of sp³-hybridized carbons (Fsp3) is 0.118. The highest BCUT2D eigenvalue weighted by Gasteiger charge is 2.02. The van der Waals surface area contributed by atoms with Crippen molar-refractivity contribution < 1.29 is 9.53 Å². The van der Waals surface area contributed by atoms with Gasteiger partial charge >= 0.3 is 0 Å². The Balaban J connectivity index is 2.03. The summed E-state index contributed by atoms with van der Waals surface area (Å²) in [6, 6.07) is 12.8. The minimum Gasteiger partial charge on any atom is -0.497 e. The number of methoxy groups -OCH3 is 1. The summed E-state index contributed by atoms with van der Waals surface area (Å²) in [5.41, 5.74) is 2.60. The molecule has 0 atom stereocenters. The number of hydrogen-bond donors (Lipinski definition) is 1. The highest BCUT2D eigenvalue weighted by Crippen LogP contribution is 2.20. The molecular weight excluding hydrogens is 286 g/mol. The topological polar surface area (TPSA) is 38.3 Å². The fourth-order valence-corrected chi connectivity index (χ4v) is 1.96. The summed E-state index contributed by atoms with van der Waals surface area (Å²) in [6.07, 6.45) is 3.23. The van der Waals surface area contributed by atoms with Crippen LogP contribution in [0.15, 0.2) is 48.5 Å². The van der Waals surface area contributed by atoms with E-state index in [2.05, 4.69) is 5.32 Å². The van der Waals surface area contributed by atoms with Crippen LogP contribution in [0.3, 0.4) is 0 Å². The zero-order chi connectivity index (χ0) is 15.2. The van der Waals surface area contributed by atoms with Gasteiger partial charge in [0.05, 0.1) is 7.11 Å². The molecule has 4 heteroatoms. The summed E-state index contributed by atoms with van der Waals surface area (Å²) < 4.78 is 5.08. The van der Waals surface area contributed by atoms with Gasteiger partial charge in [-0.1, -0.05) is 29.8 Å². The van der Waals surface area contributed by atoms with Crippen molar-refractivity contribution >= 4 is 29.3 Å². The van der Waals surface area contributed by atoms with Crippen molar-refractivity contribution in [3.8, 4) is 5.75 Å². The maximum absolute atomic E-state index is 11.9. The highest BCUT2D eigenvalue weighted by atomic mass is 35.5. The number of carbonyl (C=O) groups excluding carboxylic acids is 1. The first-order chi connectivity index (χ1) is 10.1. The smallest absolute Gasteiger partial charge is 0.248 e. The second-order valence-corrected chi connectivity index (χ2v) is 4.99. The van der Waals surface area contributed by atoms with Crippen LogP contribution in [-0.4, -0.2) is 13.0 Å². The lowest BCUT2D eigenvalue weighted by Gasteiger charge is -2.06. The molecule has 0 heterocycles. The molecule has 21 heavy (non-hydrogen) atoms. The molecule has 1 amide bonds. The van der Waals surface area contributed by atoms with Crippen molar-refractivity contribution in [2.75, 3.05) is 12.4 Å². The normalized spacial score (nSPS) is 10.6. The molecule has 0 aliphatic carbocycles. The van der Waals surface area contributed by atoms with E-state index >= 15 is 0 Å². The van der Waals surface area contributed by atoms with Crippen LogP contribution >= 0.6 is 11.6 Å². The maximum Gasteiger partial charge on any atom is 0.248 e. The Morgan fingerprint density at radius 2 is 1.90 bits per heavy atom. The molecule has 108 valence electrons. The first kappa shape index (κ1) is 15.1. The van der Waals surface area contributed by atoms with Gasteiger partial charge in [-0.15, -0.1) is 0 Å². The van der Waals surface area contributed by atoms with Crippen molar-refractivity contribution in [2.45, 2.75) is 6.92 Å². The first-order valence-corrected chi connectivity index (χ1v) is 6.85. The van der Waals surface area contributed by atoms with E-state index < -0.39 is 0 Å². The Morgan fingerprint density at radius 1 is 1.19 bits per heavy atom. The van der Waals surface area contributed by atoms with E-state index in [0.717, 1.165) is 16.9 Å². The number of anilines is 1. The van der Waals surface area contributed by atoms with Crippen LogP contribution in [0.25, 0.3) is 6.08 Å². The zero-order valence-electron chi connectivity index (χ0n) is 11.9. The molecule has 0 radical (unpaired) electrons. The third kappa shape index (κ3) is 4.36. The van der Waals surface area contributed by atoms with E-state index in [1.54, 1.807) is 25.3 Å². The molecule has 2 rings (SSSR count). The number of nitrogens with one attached hydrogen (secondary N) is 1. The number of benzene rings is 2. The molecule has 0 aliphatic heterocycles. The summed E-state index contributed by atoms with van der Waals surface area (Å²) in [5.74, 6) is 0.585. The predicted molar refractivity (Wildman–Crippen MR) is 86.8 cm³/mol. The van der Waals surface area contributed by atoms with Gasteiger partial charge in [0.1, 0.15) is 5.75 Å². The number of amides is 1. The van der Waals surface area contributed by atoms with Gasteiger partial charge in [-0.25, -0.2) is 0 Å². The van der Waals surface area contributed by atoms with Gasteiger partial charge in [0.2, 0.25) is 5.91 Å². The molecule has 0 saturated carbocycles. The Morgan fingerprint density at radius 3 is 2.57 bits per heavy atom.